The molecule has 1 aromatic heterocycles. The number of hydrogen-bond donors (Lipinski definition) is 0. The van der Waals surface area contributed by atoms with Crippen molar-refractivity contribution in [3.63, 3.8) is 0 Å². The Morgan fingerprint density at radius 3 is 2.48 bits per heavy atom. The SMILES string of the molecule is O=C(CN1CCCSc2ccccc21)N1CCN(C(=O)c2cccs2)CC1. The quantitative estimate of drug-likeness (QED) is 0.793. The van der Waals surface area contributed by atoms with E-state index in [9.17, 15) is 9.59 Å². The van der Waals surface area contributed by atoms with Gasteiger partial charge in [-0.2, -0.15) is 0 Å². The molecular formula is C20H23N3O2S2. The van der Waals surface area contributed by atoms with Crippen LogP contribution in [0.2, 0.25) is 0 Å². The zero-order valence-corrected chi connectivity index (χ0v) is 16.8. The summed E-state index contributed by atoms with van der Waals surface area (Å²) in [4.78, 5) is 33.3. The third-order valence-electron chi connectivity index (χ3n) is 5.01. The lowest BCUT2D eigenvalue weighted by atomic mass is 10.2. The normalized spacial score (nSPS) is 17.4. The van der Waals surface area contributed by atoms with E-state index >= 15 is 0 Å². The van der Waals surface area contributed by atoms with Crippen LogP contribution >= 0.6 is 23.1 Å². The first-order valence-corrected chi connectivity index (χ1v) is 11.2. The average Bonchev–Trinajstić information content (AvgIpc) is 3.17. The maximum Gasteiger partial charge on any atom is 0.264 e. The Kier molecular flexibility index (Phi) is 5.69. The Balaban J connectivity index is 1.35. The molecule has 2 aliphatic rings. The van der Waals surface area contributed by atoms with Crippen molar-refractivity contribution in [1.29, 1.82) is 0 Å². The highest BCUT2D eigenvalue weighted by Crippen LogP contribution is 2.33. The molecule has 2 amide bonds. The Bertz CT molecular complexity index is 801. The fraction of sp³-hybridized carbons (Fsp3) is 0.400. The largest absolute Gasteiger partial charge is 0.361 e. The summed E-state index contributed by atoms with van der Waals surface area (Å²) < 4.78 is 0. The van der Waals surface area contributed by atoms with Crippen LogP contribution in [0.1, 0.15) is 16.1 Å². The predicted octanol–water partition coefficient (Wildman–Crippen LogP) is 3.03. The molecule has 0 bridgehead atoms. The molecule has 0 aliphatic carbocycles. The minimum Gasteiger partial charge on any atom is -0.361 e. The van der Waals surface area contributed by atoms with Crippen LogP contribution in [-0.4, -0.2) is 66.6 Å². The minimum atomic E-state index is 0.0792. The second-order valence-electron chi connectivity index (χ2n) is 6.74. The van der Waals surface area contributed by atoms with Gasteiger partial charge in [-0.25, -0.2) is 0 Å². The van der Waals surface area contributed by atoms with Gasteiger partial charge in [-0.05, 0) is 35.8 Å². The third kappa shape index (κ3) is 4.14. The van der Waals surface area contributed by atoms with Gasteiger partial charge in [-0.15, -0.1) is 23.1 Å². The van der Waals surface area contributed by atoms with Gasteiger partial charge in [0.1, 0.15) is 0 Å². The number of carbonyl (C=O) groups is 2. The highest BCUT2D eigenvalue weighted by molar-refractivity contribution is 7.99. The van der Waals surface area contributed by atoms with Crippen molar-refractivity contribution in [2.75, 3.05) is 49.9 Å². The van der Waals surface area contributed by atoms with Crippen LogP contribution in [0.15, 0.2) is 46.7 Å². The maximum absolute atomic E-state index is 12.9. The monoisotopic (exact) mass is 401 g/mol. The summed E-state index contributed by atoms with van der Waals surface area (Å²) in [6, 6.07) is 12.1. The average molecular weight is 402 g/mol. The molecule has 4 rings (SSSR count). The Morgan fingerprint density at radius 2 is 1.70 bits per heavy atom. The second-order valence-corrected chi connectivity index (χ2v) is 8.83. The van der Waals surface area contributed by atoms with Gasteiger partial charge in [-0.3, -0.25) is 9.59 Å². The molecule has 27 heavy (non-hydrogen) atoms. The van der Waals surface area contributed by atoms with Gasteiger partial charge in [0.2, 0.25) is 5.91 Å². The van der Waals surface area contributed by atoms with Gasteiger partial charge >= 0.3 is 0 Å². The van der Waals surface area contributed by atoms with E-state index < -0.39 is 0 Å². The highest BCUT2D eigenvalue weighted by atomic mass is 32.2. The van der Waals surface area contributed by atoms with Gasteiger partial charge < -0.3 is 14.7 Å². The zero-order chi connectivity index (χ0) is 18.6. The molecule has 3 heterocycles. The van der Waals surface area contributed by atoms with Crippen molar-refractivity contribution in [3.05, 3.63) is 46.7 Å². The molecule has 5 nitrogen and oxygen atoms in total. The van der Waals surface area contributed by atoms with E-state index in [2.05, 4.69) is 23.1 Å². The first-order valence-electron chi connectivity index (χ1n) is 9.30. The lowest BCUT2D eigenvalue weighted by Gasteiger charge is -2.36. The van der Waals surface area contributed by atoms with E-state index in [0.717, 1.165) is 23.6 Å². The number of nitrogens with zero attached hydrogens (tertiary/aromatic N) is 3. The molecule has 1 saturated heterocycles. The number of thiophene rings is 1. The van der Waals surface area contributed by atoms with Crippen LogP contribution < -0.4 is 4.90 Å². The van der Waals surface area contributed by atoms with E-state index in [-0.39, 0.29) is 11.8 Å². The molecule has 1 aromatic carbocycles. The van der Waals surface area contributed by atoms with E-state index in [1.54, 1.807) is 0 Å². The first-order chi connectivity index (χ1) is 13.2. The number of anilines is 1. The Morgan fingerprint density at radius 1 is 0.926 bits per heavy atom. The Hall–Kier alpha value is -1.99. The summed E-state index contributed by atoms with van der Waals surface area (Å²) >= 11 is 3.34. The molecule has 0 N–H and O–H groups in total. The number of para-hydroxylation sites is 1. The summed E-state index contributed by atoms with van der Waals surface area (Å²) in [5.74, 6) is 1.32. The van der Waals surface area contributed by atoms with Crippen LogP contribution in [-0.2, 0) is 4.79 Å². The van der Waals surface area contributed by atoms with Crippen LogP contribution in [0, 0.1) is 0 Å². The number of rotatable bonds is 3. The molecular weight excluding hydrogens is 378 g/mol. The summed E-state index contributed by atoms with van der Waals surface area (Å²) in [5.41, 5.74) is 1.17. The van der Waals surface area contributed by atoms with Crippen LogP contribution in [0.3, 0.4) is 0 Å². The number of piperazine rings is 1. The summed E-state index contributed by atoms with van der Waals surface area (Å²) in [6.45, 7) is 3.76. The predicted molar refractivity (Wildman–Crippen MR) is 111 cm³/mol. The minimum absolute atomic E-state index is 0.0792. The summed E-state index contributed by atoms with van der Waals surface area (Å²) in [5, 5.41) is 1.92. The number of benzene rings is 1. The topological polar surface area (TPSA) is 43.9 Å². The van der Waals surface area contributed by atoms with Crippen molar-refractivity contribution in [1.82, 2.24) is 9.80 Å². The van der Waals surface area contributed by atoms with Crippen molar-refractivity contribution >= 4 is 40.6 Å². The van der Waals surface area contributed by atoms with Crippen LogP contribution in [0.4, 0.5) is 5.69 Å². The number of carbonyl (C=O) groups excluding carboxylic acids is 2. The Labute approximate surface area is 167 Å². The molecule has 0 atom stereocenters. The number of thioether (sulfide) groups is 1. The lowest BCUT2D eigenvalue weighted by Crippen LogP contribution is -2.52. The van der Waals surface area contributed by atoms with Crippen molar-refractivity contribution < 1.29 is 9.59 Å². The molecule has 0 saturated carbocycles. The van der Waals surface area contributed by atoms with Crippen LogP contribution in [0.5, 0.6) is 0 Å². The second kappa shape index (κ2) is 8.35. The van der Waals surface area contributed by atoms with Crippen LogP contribution in [0.25, 0.3) is 0 Å². The molecule has 0 spiro atoms. The number of amides is 2. The van der Waals surface area contributed by atoms with Gasteiger partial charge in [0.25, 0.3) is 5.91 Å². The van der Waals surface area contributed by atoms with Gasteiger partial charge in [-0.1, -0.05) is 18.2 Å². The number of fused-ring (bicyclic) bond motifs is 1. The first kappa shape index (κ1) is 18.4. The summed E-state index contributed by atoms with van der Waals surface area (Å²) in [7, 11) is 0. The number of hydrogen-bond acceptors (Lipinski definition) is 5. The van der Waals surface area contributed by atoms with E-state index in [1.165, 1.54) is 21.9 Å². The fourth-order valence-electron chi connectivity index (χ4n) is 3.54. The fourth-order valence-corrected chi connectivity index (χ4v) is 5.24. The molecule has 7 heteroatoms. The maximum atomic E-state index is 12.9. The van der Waals surface area contributed by atoms with Gasteiger partial charge in [0.05, 0.1) is 17.1 Å². The van der Waals surface area contributed by atoms with Gasteiger partial charge in [0.15, 0.2) is 0 Å². The van der Waals surface area contributed by atoms with Crippen molar-refractivity contribution in [2.45, 2.75) is 11.3 Å². The molecule has 2 aliphatic heterocycles. The molecule has 1 fully saturated rings. The van der Waals surface area contributed by atoms with Gasteiger partial charge in [0, 0.05) is 37.6 Å². The lowest BCUT2D eigenvalue weighted by molar-refractivity contribution is -0.131. The summed E-state index contributed by atoms with van der Waals surface area (Å²) in [6.07, 6.45) is 1.08. The molecule has 2 aromatic rings. The standard InChI is InChI=1S/C20H23N3O2S2/c24-19(15-23-8-4-14-26-17-6-2-1-5-16(17)23)21-9-11-22(12-10-21)20(25)18-7-3-13-27-18/h1-3,5-7,13H,4,8-12,14-15H2. The highest BCUT2D eigenvalue weighted by Gasteiger charge is 2.27. The third-order valence-corrected chi connectivity index (χ3v) is 7.02. The van der Waals surface area contributed by atoms with Crippen molar-refractivity contribution in [2.24, 2.45) is 0 Å². The zero-order valence-electron chi connectivity index (χ0n) is 15.2. The smallest absolute Gasteiger partial charge is 0.264 e. The van der Waals surface area contributed by atoms with Crippen molar-refractivity contribution in [3.8, 4) is 0 Å². The van der Waals surface area contributed by atoms with E-state index in [0.29, 0.717) is 32.7 Å². The molecule has 142 valence electrons. The molecule has 0 unspecified atom stereocenters. The van der Waals surface area contributed by atoms with E-state index in [1.807, 2.05) is 45.1 Å². The molecule has 0 radical (unpaired) electrons. The van der Waals surface area contributed by atoms with E-state index in [4.69, 9.17) is 0 Å².